The van der Waals surface area contributed by atoms with Crippen LogP contribution in [-0.4, -0.2) is 15.0 Å². The van der Waals surface area contributed by atoms with Gasteiger partial charge in [-0.05, 0) is 23.6 Å². The molecular formula is C15H18N2O2S. The summed E-state index contributed by atoms with van der Waals surface area (Å²) in [5.41, 5.74) is 7.30. The van der Waals surface area contributed by atoms with Gasteiger partial charge in [-0.15, -0.1) is 0 Å². The summed E-state index contributed by atoms with van der Waals surface area (Å²) in [5.74, 6) is 0. The van der Waals surface area contributed by atoms with Crippen LogP contribution in [0.2, 0.25) is 0 Å². The van der Waals surface area contributed by atoms with Crippen LogP contribution in [0, 0.1) is 0 Å². The molecule has 5 heteroatoms. The number of nitrogens with two attached hydrogens (primary N) is 1. The highest BCUT2D eigenvalue weighted by atomic mass is 32.2. The lowest BCUT2D eigenvalue weighted by atomic mass is 10.2. The third-order valence-electron chi connectivity index (χ3n) is 3.03. The minimum absolute atomic E-state index is 0.204. The molecule has 2 aromatic carbocycles. The van der Waals surface area contributed by atoms with Crippen LogP contribution in [0.25, 0.3) is 0 Å². The van der Waals surface area contributed by atoms with Gasteiger partial charge in [0.05, 0.1) is 4.90 Å². The molecule has 0 radical (unpaired) electrons. The average molecular weight is 290 g/mol. The molecule has 0 bridgehead atoms. The van der Waals surface area contributed by atoms with Crippen molar-refractivity contribution in [2.75, 3.05) is 6.54 Å². The number of benzene rings is 2. The van der Waals surface area contributed by atoms with Gasteiger partial charge in [0.1, 0.15) is 0 Å². The molecular weight excluding hydrogens is 272 g/mol. The first kappa shape index (κ1) is 14.7. The molecule has 0 aromatic heterocycles. The molecule has 0 saturated carbocycles. The molecule has 0 amide bonds. The predicted molar refractivity (Wildman–Crippen MR) is 79.7 cm³/mol. The Hall–Kier alpha value is -1.69. The Labute approximate surface area is 119 Å². The summed E-state index contributed by atoms with van der Waals surface area (Å²) in [6.45, 7) is 0.570. The molecule has 0 aliphatic rings. The van der Waals surface area contributed by atoms with E-state index < -0.39 is 10.0 Å². The first-order valence-electron chi connectivity index (χ1n) is 6.45. The molecule has 0 fully saturated rings. The van der Waals surface area contributed by atoms with E-state index in [2.05, 4.69) is 4.72 Å². The third kappa shape index (κ3) is 3.66. The van der Waals surface area contributed by atoms with Gasteiger partial charge in [0.15, 0.2) is 0 Å². The number of nitrogens with one attached hydrogen (secondary N) is 1. The van der Waals surface area contributed by atoms with Crippen molar-refractivity contribution >= 4 is 10.0 Å². The summed E-state index contributed by atoms with van der Waals surface area (Å²) in [6, 6.07) is 16.5. The van der Waals surface area contributed by atoms with Crippen LogP contribution in [0.3, 0.4) is 0 Å². The van der Waals surface area contributed by atoms with Gasteiger partial charge in [0.25, 0.3) is 0 Å². The Bertz CT molecular complexity index is 655. The quantitative estimate of drug-likeness (QED) is 0.850. The van der Waals surface area contributed by atoms with Crippen LogP contribution in [0.15, 0.2) is 59.5 Å². The van der Waals surface area contributed by atoms with E-state index >= 15 is 0 Å². The van der Waals surface area contributed by atoms with E-state index in [1.807, 2.05) is 30.3 Å². The zero-order valence-electron chi connectivity index (χ0n) is 11.1. The maximum absolute atomic E-state index is 12.2. The van der Waals surface area contributed by atoms with Crippen LogP contribution >= 0.6 is 0 Å². The number of rotatable bonds is 6. The van der Waals surface area contributed by atoms with Gasteiger partial charge >= 0.3 is 0 Å². The van der Waals surface area contributed by atoms with Crippen molar-refractivity contribution in [1.82, 2.24) is 4.72 Å². The van der Waals surface area contributed by atoms with Crippen molar-refractivity contribution in [2.45, 2.75) is 17.9 Å². The predicted octanol–water partition coefficient (Wildman–Crippen LogP) is 1.67. The first-order chi connectivity index (χ1) is 9.63. The molecule has 2 aromatic rings. The van der Waals surface area contributed by atoms with E-state index in [4.69, 9.17) is 5.73 Å². The molecule has 0 saturated heterocycles. The van der Waals surface area contributed by atoms with Crippen molar-refractivity contribution in [1.29, 1.82) is 0 Å². The summed E-state index contributed by atoms with van der Waals surface area (Å²) in [7, 11) is -3.50. The summed E-state index contributed by atoms with van der Waals surface area (Å²) in [5, 5.41) is 0. The Balaban J connectivity index is 2.04. The molecule has 0 atom stereocenters. The SMILES string of the molecule is NCc1ccccc1S(=O)(=O)NCCc1ccccc1. The second-order valence-corrected chi connectivity index (χ2v) is 6.18. The van der Waals surface area contributed by atoms with Crippen LogP contribution in [0.4, 0.5) is 0 Å². The fourth-order valence-corrected chi connectivity index (χ4v) is 3.27. The van der Waals surface area contributed by atoms with Crippen LogP contribution in [-0.2, 0) is 23.0 Å². The monoisotopic (exact) mass is 290 g/mol. The largest absolute Gasteiger partial charge is 0.326 e. The lowest BCUT2D eigenvalue weighted by Crippen LogP contribution is -2.27. The summed E-state index contributed by atoms with van der Waals surface area (Å²) >= 11 is 0. The lowest BCUT2D eigenvalue weighted by Gasteiger charge is -2.10. The van der Waals surface area contributed by atoms with E-state index in [1.54, 1.807) is 24.3 Å². The highest BCUT2D eigenvalue weighted by molar-refractivity contribution is 7.89. The van der Waals surface area contributed by atoms with Crippen LogP contribution < -0.4 is 10.5 Å². The Morgan fingerprint density at radius 3 is 2.30 bits per heavy atom. The standard InChI is InChI=1S/C15H18N2O2S/c16-12-14-8-4-5-9-15(14)20(18,19)17-11-10-13-6-2-1-3-7-13/h1-9,17H,10-12,16H2. The molecule has 0 heterocycles. The molecule has 20 heavy (non-hydrogen) atoms. The first-order valence-corrected chi connectivity index (χ1v) is 7.93. The van der Waals surface area contributed by atoms with Gasteiger partial charge in [0, 0.05) is 13.1 Å². The van der Waals surface area contributed by atoms with Gasteiger partial charge in [-0.1, -0.05) is 48.5 Å². The normalized spacial score (nSPS) is 11.4. The molecule has 0 aliphatic carbocycles. The smallest absolute Gasteiger partial charge is 0.240 e. The van der Waals surface area contributed by atoms with E-state index in [-0.39, 0.29) is 11.4 Å². The molecule has 0 unspecified atom stereocenters. The Morgan fingerprint density at radius 2 is 1.60 bits per heavy atom. The molecule has 0 spiro atoms. The highest BCUT2D eigenvalue weighted by Gasteiger charge is 2.16. The van der Waals surface area contributed by atoms with Gasteiger partial charge in [-0.25, -0.2) is 13.1 Å². The number of sulfonamides is 1. The fourth-order valence-electron chi connectivity index (χ4n) is 1.99. The molecule has 4 nitrogen and oxygen atoms in total. The summed E-state index contributed by atoms with van der Waals surface area (Å²) < 4.78 is 27.1. The minimum atomic E-state index is -3.50. The van der Waals surface area contributed by atoms with E-state index in [0.717, 1.165) is 5.56 Å². The maximum atomic E-state index is 12.2. The number of hydrogen-bond acceptors (Lipinski definition) is 3. The van der Waals surface area contributed by atoms with Crippen molar-refractivity contribution < 1.29 is 8.42 Å². The zero-order chi connectivity index (χ0) is 14.4. The van der Waals surface area contributed by atoms with Crippen molar-refractivity contribution in [3.63, 3.8) is 0 Å². The van der Waals surface area contributed by atoms with Gasteiger partial charge in [-0.2, -0.15) is 0 Å². The second kappa shape index (κ2) is 6.65. The Morgan fingerprint density at radius 1 is 0.950 bits per heavy atom. The maximum Gasteiger partial charge on any atom is 0.240 e. The molecule has 2 rings (SSSR count). The van der Waals surface area contributed by atoms with E-state index in [1.165, 1.54) is 0 Å². The van der Waals surface area contributed by atoms with E-state index in [0.29, 0.717) is 18.5 Å². The summed E-state index contributed by atoms with van der Waals surface area (Å²) in [6.07, 6.45) is 0.658. The summed E-state index contributed by atoms with van der Waals surface area (Å²) in [4.78, 5) is 0.260. The third-order valence-corrected chi connectivity index (χ3v) is 4.59. The fraction of sp³-hybridized carbons (Fsp3) is 0.200. The molecule has 0 aliphatic heterocycles. The molecule has 106 valence electrons. The van der Waals surface area contributed by atoms with Crippen molar-refractivity contribution in [3.8, 4) is 0 Å². The topological polar surface area (TPSA) is 72.2 Å². The van der Waals surface area contributed by atoms with Crippen LogP contribution in [0.5, 0.6) is 0 Å². The van der Waals surface area contributed by atoms with E-state index in [9.17, 15) is 8.42 Å². The van der Waals surface area contributed by atoms with Crippen LogP contribution in [0.1, 0.15) is 11.1 Å². The van der Waals surface area contributed by atoms with Gasteiger partial charge in [-0.3, -0.25) is 0 Å². The van der Waals surface area contributed by atoms with Crippen molar-refractivity contribution in [2.24, 2.45) is 5.73 Å². The second-order valence-electron chi connectivity index (χ2n) is 4.45. The molecule has 3 N–H and O–H groups in total. The average Bonchev–Trinajstić information content (AvgIpc) is 2.48. The van der Waals surface area contributed by atoms with Gasteiger partial charge < -0.3 is 5.73 Å². The lowest BCUT2D eigenvalue weighted by molar-refractivity contribution is 0.580. The highest BCUT2D eigenvalue weighted by Crippen LogP contribution is 2.14. The Kier molecular flexibility index (Phi) is 4.89. The zero-order valence-corrected chi connectivity index (χ0v) is 11.9. The van der Waals surface area contributed by atoms with Crippen molar-refractivity contribution in [3.05, 3.63) is 65.7 Å². The number of hydrogen-bond donors (Lipinski definition) is 2. The minimum Gasteiger partial charge on any atom is -0.326 e. The van der Waals surface area contributed by atoms with Gasteiger partial charge in [0.2, 0.25) is 10.0 Å².